The summed E-state index contributed by atoms with van der Waals surface area (Å²) in [4.78, 5) is 17.3. The van der Waals surface area contributed by atoms with E-state index in [1.54, 1.807) is 48.5 Å². The predicted octanol–water partition coefficient (Wildman–Crippen LogP) is 3.71. The topological polar surface area (TPSA) is 81.7 Å². The maximum absolute atomic E-state index is 13.0. The lowest BCUT2D eigenvalue weighted by molar-refractivity contribution is 0.0746. The van der Waals surface area contributed by atoms with Crippen LogP contribution in [0.5, 0.6) is 0 Å². The van der Waals surface area contributed by atoms with Crippen molar-refractivity contribution in [1.82, 2.24) is 9.62 Å². The Morgan fingerprint density at radius 2 is 1.55 bits per heavy atom. The number of hydrogen-bond donors (Lipinski definition) is 2. The molecule has 1 saturated heterocycles. The number of fused-ring (bicyclic) bond motifs is 1. The summed E-state index contributed by atoms with van der Waals surface area (Å²) in [5.74, 6) is -0.0279. The summed E-state index contributed by atoms with van der Waals surface area (Å²) in [6, 6.07) is 21.6. The zero-order chi connectivity index (χ0) is 23.0. The summed E-state index contributed by atoms with van der Waals surface area (Å²) in [6.45, 7) is 2.76. The van der Waals surface area contributed by atoms with E-state index in [-0.39, 0.29) is 10.8 Å². The van der Waals surface area contributed by atoms with Crippen LogP contribution >= 0.6 is 11.6 Å². The Bertz CT molecular complexity index is 1270. The number of anilines is 2. The van der Waals surface area contributed by atoms with Crippen molar-refractivity contribution in [3.63, 3.8) is 0 Å². The number of carbonyl (C=O) groups is 1. The van der Waals surface area contributed by atoms with Crippen LogP contribution in [0.15, 0.2) is 77.7 Å². The molecule has 7 nitrogen and oxygen atoms in total. The van der Waals surface area contributed by atoms with Crippen LogP contribution in [0.1, 0.15) is 22.1 Å². The van der Waals surface area contributed by atoms with Crippen LogP contribution in [0.4, 0.5) is 11.4 Å². The van der Waals surface area contributed by atoms with E-state index in [1.807, 2.05) is 29.2 Å². The SMILES string of the molecule is O=C(c1ccc(C2Nc3ccccc3S(=O)(=O)N2)cc1)N1CCN(c2ccc(Cl)cc2)CC1. The number of halogens is 1. The Balaban J connectivity index is 1.25. The molecule has 0 aromatic heterocycles. The van der Waals surface area contributed by atoms with Crippen molar-refractivity contribution in [2.24, 2.45) is 0 Å². The highest BCUT2D eigenvalue weighted by molar-refractivity contribution is 7.89. The Kier molecular flexibility index (Phi) is 5.74. The third-order valence-corrected chi connectivity index (χ3v) is 7.73. The highest BCUT2D eigenvalue weighted by Crippen LogP contribution is 2.31. The fourth-order valence-corrected chi connectivity index (χ4v) is 5.63. The molecule has 33 heavy (non-hydrogen) atoms. The third kappa shape index (κ3) is 4.42. The molecule has 0 radical (unpaired) electrons. The summed E-state index contributed by atoms with van der Waals surface area (Å²) in [6.07, 6.45) is -0.600. The smallest absolute Gasteiger partial charge is 0.253 e. The first-order valence-corrected chi connectivity index (χ1v) is 12.5. The number of nitrogens with one attached hydrogen (secondary N) is 2. The van der Waals surface area contributed by atoms with Crippen LogP contribution in [0.25, 0.3) is 0 Å². The fourth-order valence-electron chi connectivity index (χ4n) is 4.20. The zero-order valence-corrected chi connectivity index (χ0v) is 19.3. The van der Waals surface area contributed by atoms with Gasteiger partial charge in [-0.15, -0.1) is 0 Å². The van der Waals surface area contributed by atoms with Crippen molar-refractivity contribution >= 4 is 38.9 Å². The van der Waals surface area contributed by atoms with Crippen molar-refractivity contribution < 1.29 is 13.2 Å². The molecule has 9 heteroatoms. The number of amides is 1. The van der Waals surface area contributed by atoms with Crippen molar-refractivity contribution in [2.45, 2.75) is 11.1 Å². The van der Waals surface area contributed by atoms with E-state index < -0.39 is 16.2 Å². The van der Waals surface area contributed by atoms with Gasteiger partial charge in [-0.2, -0.15) is 4.72 Å². The number of carbonyl (C=O) groups excluding carboxylic acids is 1. The lowest BCUT2D eigenvalue weighted by Crippen LogP contribution is -2.48. The van der Waals surface area contributed by atoms with E-state index in [2.05, 4.69) is 14.9 Å². The highest BCUT2D eigenvalue weighted by atomic mass is 35.5. The first kappa shape index (κ1) is 21.8. The van der Waals surface area contributed by atoms with Gasteiger partial charge in [-0.05, 0) is 54.1 Å². The van der Waals surface area contributed by atoms with Gasteiger partial charge >= 0.3 is 0 Å². The van der Waals surface area contributed by atoms with Gasteiger partial charge in [-0.25, -0.2) is 8.42 Å². The molecule has 170 valence electrons. The minimum absolute atomic E-state index is 0.0279. The third-order valence-electron chi connectivity index (χ3n) is 6.00. The first-order valence-electron chi connectivity index (χ1n) is 10.7. The van der Waals surface area contributed by atoms with Crippen molar-refractivity contribution in [3.8, 4) is 0 Å². The Labute approximate surface area is 198 Å². The van der Waals surface area contributed by atoms with Gasteiger partial charge in [0.15, 0.2) is 0 Å². The summed E-state index contributed by atoms with van der Waals surface area (Å²) in [7, 11) is -3.61. The highest BCUT2D eigenvalue weighted by Gasteiger charge is 2.30. The molecule has 1 amide bonds. The van der Waals surface area contributed by atoms with E-state index in [0.29, 0.717) is 29.4 Å². The molecule has 0 bridgehead atoms. The van der Waals surface area contributed by atoms with E-state index in [0.717, 1.165) is 24.3 Å². The summed E-state index contributed by atoms with van der Waals surface area (Å²) in [5, 5.41) is 3.91. The molecular formula is C24H23ClN4O3S. The Morgan fingerprint density at radius 1 is 0.879 bits per heavy atom. The molecule has 2 aliphatic rings. The Hall–Kier alpha value is -3.07. The van der Waals surface area contributed by atoms with Crippen LogP contribution in [0, 0.1) is 0 Å². The van der Waals surface area contributed by atoms with E-state index in [4.69, 9.17) is 11.6 Å². The van der Waals surface area contributed by atoms with Crippen molar-refractivity contribution in [3.05, 3.63) is 88.9 Å². The molecule has 0 spiro atoms. The monoisotopic (exact) mass is 482 g/mol. The second-order valence-electron chi connectivity index (χ2n) is 8.07. The van der Waals surface area contributed by atoms with Crippen LogP contribution in [-0.4, -0.2) is 45.4 Å². The van der Waals surface area contributed by atoms with Crippen LogP contribution in [0.3, 0.4) is 0 Å². The number of nitrogens with zero attached hydrogens (tertiary/aromatic N) is 2. The zero-order valence-electron chi connectivity index (χ0n) is 17.7. The molecule has 0 saturated carbocycles. The largest absolute Gasteiger partial charge is 0.368 e. The fraction of sp³-hybridized carbons (Fsp3) is 0.208. The number of piperazine rings is 1. The van der Waals surface area contributed by atoms with Crippen LogP contribution in [-0.2, 0) is 10.0 Å². The molecule has 5 rings (SSSR count). The van der Waals surface area contributed by atoms with Crippen LogP contribution in [0.2, 0.25) is 5.02 Å². The van der Waals surface area contributed by atoms with Gasteiger partial charge in [0.2, 0.25) is 10.0 Å². The van der Waals surface area contributed by atoms with Gasteiger partial charge in [0.25, 0.3) is 5.91 Å². The average Bonchev–Trinajstić information content (AvgIpc) is 2.84. The quantitative estimate of drug-likeness (QED) is 0.595. The minimum atomic E-state index is -3.61. The number of rotatable bonds is 3. The number of hydrogen-bond acceptors (Lipinski definition) is 5. The van der Waals surface area contributed by atoms with Crippen molar-refractivity contribution in [1.29, 1.82) is 0 Å². The lowest BCUT2D eigenvalue weighted by atomic mass is 10.1. The summed E-state index contributed by atoms with van der Waals surface area (Å²) in [5.41, 5.74) is 2.97. The van der Waals surface area contributed by atoms with E-state index >= 15 is 0 Å². The standard InChI is InChI=1S/C24H23ClN4O3S/c25-19-9-11-20(12-10-19)28-13-15-29(16-14-28)24(30)18-7-5-17(6-8-18)23-26-21-3-1-2-4-22(21)33(31,32)27-23/h1-12,23,26-27H,13-16H2. The van der Waals surface area contributed by atoms with Crippen molar-refractivity contribution in [2.75, 3.05) is 36.4 Å². The van der Waals surface area contributed by atoms with Gasteiger partial charge in [0.05, 0.1) is 5.69 Å². The maximum Gasteiger partial charge on any atom is 0.253 e. The molecule has 0 aliphatic carbocycles. The maximum atomic E-state index is 13.0. The van der Waals surface area contributed by atoms with Gasteiger partial charge in [-0.1, -0.05) is 35.9 Å². The average molecular weight is 483 g/mol. The van der Waals surface area contributed by atoms with Gasteiger partial charge < -0.3 is 15.1 Å². The van der Waals surface area contributed by atoms with E-state index in [1.165, 1.54) is 0 Å². The molecule has 3 aromatic carbocycles. The Morgan fingerprint density at radius 3 is 2.24 bits per heavy atom. The first-order chi connectivity index (χ1) is 15.9. The second kappa shape index (κ2) is 8.70. The molecule has 1 atom stereocenters. The molecule has 1 unspecified atom stereocenters. The minimum Gasteiger partial charge on any atom is -0.368 e. The molecular weight excluding hydrogens is 460 g/mol. The number of para-hydroxylation sites is 1. The van der Waals surface area contributed by atoms with Crippen LogP contribution < -0.4 is 14.9 Å². The molecule has 1 fully saturated rings. The summed E-state index contributed by atoms with van der Waals surface area (Å²) < 4.78 is 27.8. The molecule has 2 aliphatic heterocycles. The molecule has 2 N–H and O–H groups in total. The number of benzene rings is 3. The molecule has 2 heterocycles. The van der Waals surface area contributed by atoms with Gasteiger partial charge in [-0.3, -0.25) is 4.79 Å². The van der Waals surface area contributed by atoms with E-state index in [9.17, 15) is 13.2 Å². The molecule has 3 aromatic rings. The normalized spacial score (nSPS) is 19.5. The lowest BCUT2D eigenvalue weighted by Gasteiger charge is -2.36. The van der Waals surface area contributed by atoms with Gasteiger partial charge in [0.1, 0.15) is 11.1 Å². The predicted molar refractivity (Wildman–Crippen MR) is 129 cm³/mol. The summed E-state index contributed by atoms with van der Waals surface area (Å²) >= 11 is 5.97. The number of sulfonamides is 1. The second-order valence-corrected chi connectivity index (χ2v) is 10.2. The van der Waals surface area contributed by atoms with Gasteiger partial charge in [0, 0.05) is 42.5 Å².